The van der Waals surface area contributed by atoms with Crippen molar-refractivity contribution >= 4 is 17.9 Å². The molecule has 0 fully saturated rings. The van der Waals surface area contributed by atoms with E-state index in [1.54, 1.807) is 0 Å². The SMILES string of the molecule is CCCCC/C=C\C=C/CCCCCCCCC(=O)OCC(COC(=O)CCCCCCCCC/C=C\CCCCCC)OC(=O)CCCCCCCCC/C=C\CCCCCC. The molecule has 366 valence electrons. The van der Waals surface area contributed by atoms with Crippen LogP contribution in [0.15, 0.2) is 48.6 Å². The second-order valence-corrected chi connectivity index (χ2v) is 18.2. The molecule has 0 aliphatic heterocycles. The van der Waals surface area contributed by atoms with E-state index in [0.717, 1.165) is 64.2 Å². The van der Waals surface area contributed by atoms with Gasteiger partial charge >= 0.3 is 17.9 Å². The molecule has 0 spiro atoms. The second-order valence-electron chi connectivity index (χ2n) is 18.2. The van der Waals surface area contributed by atoms with Crippen LogP contribution >= 0.6 is 0 Å². The standard InChI is InChI=1S/C57H102O6/c1-4-7-10-13-16-19-22-25-28-31-34-37-40-43-46-49-55(58)61-52-54(63-57(60)51-48-45-42-39-36-33-30-27-24-21-18-15-12-9-6-3)53-62-56(59)50-47-44-41-38-35-32-29-26-23-20-17-14-11-8-5-2/h16,19-25,54H,4-15,17-18,26-53H2,1-3H3/b19-16-,23-20-,24-21-,25-22-. The van der Waals surface area contributed by atoms with E-state index >= 15 is 0 Å². The van der Waals surface area contributed by atoms with Gasteiger partial charge in [0.25, 0.3) is 0 Å². The summed E-state index contributed by atoms with van der Waals surface area (Å²) in [5, 5.41) is 0. The van der Waals surface area contributed by atoms with Crippen molar-refractivity contribution in [2.24, 2.45) is 0 Å². The quantitative estimate of drug-likeness (QED) is 0.0199. The molecule has 0 aromatic rings. The van der Waals surface area contributed by atoms with Crippen LogP contribution in [0, 0.1) is 0 Å². The zero-order valence-corrected chi connectivity index (χ0v) is 41.8. The molecule has 0 aliphatic rings. The zero-order chi connectivity index (χ0) is 45.8. The smallest absolute Gasteiger partial charge is 0.306 e. The molecule has 0 rings (SSSR count). The normalized spacial score (nSPS) is 12.4. The van der Waals surface area contributed by atoms with Gasteiger partial charge in [0.1, 0.15) is 13.2 Å². The number of rotatable bonds is 49. The Hall–Kier alpha value is -2.63. The van der Waals surface area contributed by atoms with Crippen LogP contribution < -0.4 is 0 Å². The van der Waals surface area contributed by atoms with E-state index in [0.29, 0.717) is 19.3 Å². The fourth-order valence-corrected chi connectivity index (χ4v) is 7.66. The fourth-order valence-electron chi connectivity index (χ4n) is 7.66. The van der Waals surface area contributed by atoms with Gasteiger partial charge in [-0.05, 0) is 96.3 Å². The Balaban J connectivity index is 4.40. The Morgan fingerprint density at radius 1 is 0.317 bits per heavy atom. The number of allylic oxidation sites excluding steroid dienone is 8. The van der Waals surface area contributed by atoms with Crippen LogP contribution in [0.5, 0.6) is 0 Å². The summed E-state index contributed by atoms with van der Waals surface area (Å²) >= 11 is 0. The monoisotopic (exact) mass is 883 g/mol. The number of ether oxygens (including phenoxy) is 3. The van der Waals surface area contributed by atoms with Gasteiger partial charge in [0.2, 0.25) is 0 Å². The van der Waals surface area contributed by atoms with Crippen LogP contribution in [0.25, 0.3) is 0 Å². The van der Waals surface area contributed by atoms with E-state index in [-0.39, 0.29) is 31.1 Å². The van der Waals surface area contributed by atoms with Crippen molar-refractivity contribution in [1.29, 1.82) is 0 Å². The third-order valence-corrected chi connectivity index (χ3v) is 11.8. The average Bonchev–Trinajstić information content (AvgIpc) is 3.28. The Labute approximate surface area is 390 Å². The minimum Gasteiger partial charge on any atom is -0.462 e. The van der Waals surface area contributed by atoms with Crippen LogP contribution in [-0.4, -0.2) is 37.2 Å². The number of carbonyl (C=O) groups is 3. The summed E-state index contributed by atoms with van der Waals surface area (Å²) in [5.74, 6) is -0.891. The number of esters is 3. The third kappa shape index (κ3) is 50.2. The molecule has 6 nitrogen and oxygen atoms in total. The molecule has 0 N–H and O–H groups in total. The van der Waals surface area contributed by atoms with Crippen molar-refractivity contribution in [1.82, 2.24) is 0 Å². The van der Waals surface area contributed by atoms with Gasteiger partial charge in [0.15, 0.2) is 6.10 Å². The molecule has 6 heteroatoms. The van der Waals surface area contributed by atoms with Crippen molar-refractivity contribution in [2.45, 2.75) is 284 Å². The molecule has 0 saturated carbocycles. The molecular weight excluding hydrogens is 781 g/mol. The third-order valence-electron chi connectivity index (χ3n) is 11.8. The van der Waals surface area contributed by atoms with Gasteiger partial charge in [-0.2, -0.15) is 0 Å². The summed E-state index contributed by atoms with van der Waals surface area (Å²) < 4.78 is 16.8. The summed E-state index contributed by atoms with van der Waals surface area (Å²) in [4.78, 5) is 38.0. The molecule has 0 amide bonds. The van der Waals surface area contributed by atoms with E-state index in [9.17, 15) is 14.4 Å². The number of hydrogen-bond acceptors (Lipinski definition) is 6. The first-order valence-corrected chi connectivity index (χ1v) is 27.2. The number of unbranched alkanes of at least 4 members (excludes halogenated alkanes) is 31. The molecule has 0 bridgehead atoms. The lowest BCUT2D eigenvalue weighted by molar-refractivity contribution is -0.167. The van der Waals surface area contributed by atoms with E-state index in [4.69, 9.17) is 14.2 Å². The van der Waals surface area contributed by atoms with Gasteiger partial charge in [-0.1, -0.05) is 211 Å². The maximum absolute atomic E-state index is 12.8. The Bertz CT molecular complexity index is 1110. The first-order chi connectivity index (χ1) is 31.0. The summed E-state index contributed by atoms with van der Waals surface area (Å²) in [5.41, 5.74) is 0. The topological polar surface area (TPSA) is 78.9 Å². The van der Waals surface area contributed by atoms with Crippen molar-refractivity contribution in [3.05, 3.63) is 48.6 Å². The molecule has 0 aromatic carbocycles. The number of carbonyl (C=O) groups excluding carboxylic acids is 3. The fraction of sp³-hybridized carbons (Fsp3) is 0.807. The van der Waals surface area contributed by atoms with Crippen LogP contribution in [0.2, 0.25) is 0 Å². The lowest BCUT2D eigenvalue weighted by Gasteiger charge is -2.18. The maximum Gasteiger partial charge on any atom is 0.306 e. The summed E-state index contributed by atoms with van der Waals surface area (Å²) in [6, 6.07) is 0. The second kappa shape index (κ2) is 52.0. The van der Waals surface area contributed by atoms with Crippen molar-refractivity contribution < 1.29 is 28.6 Å². The van der Waals surface area contributed by atoms with Crippen molar-refractivity contribution in [2.75, 3.05) is 13.2 Å². The summed E-state index contributed by atoms with van der Waals surface area (Å²) in [6.45, 7) is 6.59. The Morgan fingerprint density at radius 2 is 0.571 bits per heavy atom. The van der Waals surface area contributed by atoms with E-state index in [2.05, 4.69) is 69.4 Å². The molecule has 1 unspecified atom stereocenters. The predicted molar refractivity (Wildman–Crippen MR) is 270 cm³/mol. The van der Waals surface area contributed by atoms with E-state index in [1.807, 2.05) is 0 Å². The highest BCUT2D eigenvalue weighted by Crippen LogP contribution is 2.15. The molecular formula is C57H102O6. The van der Waals surface area contributed by atoms with E-state index < -0.39 is 6.10 Å². The predicted octanol–water partition coefficient (Wildman–Crippen LogP) is 17.9. The van der Waals surface area contributed by atoms with Crippen LogP contribution in [0.3, 0.4) is 0 Å². The van der Waals surface area contributed by atoms with Gasteiger partial charge in [-0.3, -0.25) is 14.4 Å². The van der Waals surface area contributed by atoms with Crippen LogP contribution in [0.4, 0.5) is 0 Å². The van der Waals surface area contributed by atoms with Crippen LogP contribution in [0.1, 0.15) is 278 Å². The number of hydrogen-bond donors (Lipinski definition) is 0. The molecule has 0 aromatic heterocycles. The van der Waals surface area contributed by atoms with Crippen LogP contribution in [-0.2, 0) is 28.6 Å². The molecule has 1 atom stereocenters. The lowest BCUT2D eigenvalue weighted by Crippen LogP contribution is -2.30. The minimum atomic E-state index is -0.780. The highest BCUT2D eigenvalue weighted by molar-refractivity contribution is 5.71. The van der Waals surface area contributed by atoms with Gasteiger partial charge < -0.3 is 14.2 Å². The van der Waals surface area contributed by atoms with Crippen molar-refractivity contribution in [3.8, 4) is 0 Å². The molecule has 0 heterocycles. The first kappa shape index (κ1) is 60.4. The van der Waals surface area contributed by atoms with Gasteiger partial charge in [0.05, 0.1) is 0 Å². The van der Waals surface area contributed by atoms with Crippen molar-refractivity contribution in [3.63, 3.8) is 0 Å². The Kier molecular flexibility index (Phi) is 49.8. The molecule has 0 radical (unpaired) electrons. The highest BCUT2D eigenvalue weighted by Gasteiger charge is 2.19. The molecule has 0 saturated heterocycles. The van der Waals surface area contributed by atoms with Gasteiger partial charge in [-0.15, -0.1) is 0 Å². The Morgan fingerprint density at radius 3 is 0.921 bits per heavy atom. The summed E-state index contributed by atoms with van der Waals surface area (Å²) in [6.07, 6.45) is 62.3. The largest absolute Gasteiger partial charge is 0.462 e. The molecule has 0 aliphatic carbocycles. The average molecular weight is 883 g/mol. The first-order valence-electron chi connectivity index (χ1n) is 27.2. The van der Waals surface area contributed by atoms with Gasteiger partial charge in [-0.25, -0.2) is 0 Å². The highest BCUT2D eigenvalue weighted by atomic mass is 16.6. The zero-order valence-electron chi connectivity index (χ0n) is 41.8. The van der Waals surface area contributed by atoms with E-state index in [1.165, 1.54) is 173 Å². The van der Waals surface area contributed by atoms with Gasteiger partial charge in [0, 0.05) is 19.3 Å². The molecule has 63 heavy (non-hydrogen) atoms. The summed E-state index contributed by atoms with van der Waals surface area (Å²) in [7, 11) is 0. The lowest BCUT2D eigenvalue weighted by atomic mass is 10.1. The minimum absolute atomic E-state index is 0.0798. The maximum atomic E-state index is 12.8.